The van der Waals surface area contributed by atoms with Crippen LogP contribution in [0.25, 0.3) is 0 Å². The molecule has 4 aliphatic rings. The lowest BCUT2D eigenvalue weighted by molar-refractivity contribution is -0.119. The zero-order chi connectivity index (χ0) is 21.2. The van der Waals surface area contributed by atoms with Gasteiger partial charge in [-0.25, -0.2) is 0 Å². The van der Waals surface area contributed by atoms with Crippen LogP contribution in [0.15, 0.2) is 11.8 Å². The van der Waals surface area contributed by atoms with E-state index in [1.54, 1.807) is 0 Å². The van der Waals surface area contributed by atoms with Crippen LogP contribution >= 0.6 is 0 Å². The Kier molecular flexibility index (Phi) is 5.52. The lowest BCUT2D eigenvalue weighted by Crippen LogP contribution is -2.54. The van der Waals surface area contributed by atoms with E-state index in [9.17, 15) is 0 Å². The van der Waals surface area contributed by atoms with Crippen molar-refractivity contribution in [2.45, 2.75) is 111 Å². The van der Waals surface area contributed by atoms with E-state index < -0.39 is 16.6 Å². The summed E-state index contributed by atoms with van der Waals surface area (Å²) in [6.07, 6.45) is 13.9. The van der Waals surface area contributed by atoms with Crippen molar-refractivity contribution in [3.05, 3.63) is 11.8 Å². The number of fused-ring (bicyclic) bond motifs is 5. The molecule has 0 radical (unpaired) electrons. The van der Waals surface area contributed by atoms with Crippen LogP contribution in [0.5, 0.6) is 0 Å². The second kappa shape index (κ2) is 7.23. The van der Waals surface area contributed by atoms with E-state index in [0.29, 0.717) is 16.9 Å². The van der Waals surface area contributed by atoms with Crippen molar-refractivity contribution < 1.29 is 8.85 Å². The molecular formula is C25H46O2Si2. The molecule has 3 fully saturated rings. The zero-order valence-electron chi connectivity index (χ0n) is 20.4. The van der Waals surface area contributed by atoms with Gasteiger partial charge < -0.3 is 8.85 Å². The molecule has 0 bridgehead atoms. The molecule has 4 rings (SSSR count). The lowest BCUT2D eigenvalue weighted by atomic mass is 9.45. The van der Waals surface area contributed by atoms with Gasteiger partial charge in [-0.2, -0.15) is 0 Å². The van der Waals surface area contributed by atoms with Gasteiger partial charge in [-0.3, -0.25) is 0 Å². The molecule has 2 nitrogen and oxygen atoms in total. The molecule has 29 heavy (non-hydrogen) atoms. The van der Waals surface area contributed by atoms with E-state index in [0.717, 1.165) is 23.7 Å². The summed E-state index contributed by atoms with van der Waals surface area (Å²) in [5.74, 6) is 4.91. The third-order valence-electron chi connectivity index (χ3n) is 9.06. The van der Waals surface area contributed by atoms with Gasteiger partial charge in [0.2, 0.25) is 8.32 Å². The summed E-state index contributed by atoms with van der Waals surface area (Å²) >= 11 is 0. The minimum absolute atomic E-state index is 0.308. The molecule has 0 spiro atoms. The monoisotopic (exact) mass is 434 g/mol. The van der Waals surface area contributed by atoms with Crippen molar-refractivity contribution in [1.82, 2.24) is 0 Å². The molecule has 4 heteroatoms. The number of allylic oxidation sites excluding steroid dienone is 2. The van der Waals surface area contributed by atoms with Crippen molar-refractivity contribution in [3.8, 4) is 0 Å². The third-order valence-corrected chi connectivity index (χ3v) is 10.9. The van der Waals surface area contributed by atoms with Crippen LogP contribution in [0.3, 0.4) is 0 Å². The maximum atomic E-state index is 6.63. The van der Waals surface area contributed by atoms with Gasteiger partial charge in [0.05, 0.1) is 5.76 Å². The largest absolute Gasteiger partial charge is 0.547 e. The Bertz CT molecular complexity index is 661. The van der Waals surface area contributed by atoms with Crippen LogP contribution in [-0.4, -0.2) is 22.7 Å². The SMILES string of the molecule is C[C@]12CCC3C(CC[C@H]4C[C@H](O[Si](C)(C)C)CC[C@]34C)C1CC=C2O[Si](C)(C)C. The van der Waals surface area contributed by atoms with Gasteiger partial charge in [0.15, 0.2) is 8.32 Å². The Labute approximate surface area is 182 Å². The molecule has 166 valence electrons. The smallest absolute Gasteiger partial charge is 0.241 e. The first-order valence-corrected chi connectivity index (χ1v) is 19.2. The van der Waals surface area contributed by atoms with Crippen molar-refractivity contribution in [2.75, 3.05) is 0 Å². The van der Waals surface area contributed by atoms with Gasteiger partial charge in [0.1, 0.15) is 0 Å². The quantitative estimate of drug-likeness (QED) is 0.424. The number of hydrogen-bond acceptors (Lipinski definition) is 2. The van der Waals surface area contributed by atoms with Crippen LogP contribution in [-0.2, 0) is 8.85 Å². The van der Waals surface area contributed by atoms with Crippen LogP contribution in [0.2, 0.25) is 39.3 Å². The molecule has 0 aromatic carbocycles. The number of rotatable bonds is 4. The molecular weight excluding hydrogens is 388 g/mol. The zero-order valence-corrected chi connectivity index (χ0v) is 22.4. The van der Waals surface area contributed by atoms with Crippen LogP contribution < -0.4 is 0 Å². The fourth-order valence-corrected chi connectivity index (χ4v) is 10.0. The molecule has 0 aromatic rings. The van der Waals surface area contributed by atoms with Crippen molar-refractivity contribution >= 4 is 16.6 Å². The molecule has 7 atom stereocenters. The fourth-order valence-electron chi connectivity index (χ4n) is 7.84. The molecule has 0 amide bonds. The Balaban J connectivity index is 1.49. The van der Waals surface area contributed by atoms with Crippen LogP contribution in [0, 0.1) is 34.5 Å². The summed E-state index contributed by atoms with van der Waals surface area (Å²) in [5.41, 5.74) is 0.856. The van der Waals surface area contributed by atoms with Gasteiger partial charge in [0.25, 0.3) is 0 Å². The standard InChI is InChI=1S/C25H46O2Si2/c1-24-15-13-19(26-28(3,4)5)17-18(24)9-10-20-21-11-12-23(27-29(6,7)8)25(21,2)16-14-22(20)24/h12,18-22H,9-11,13-17H2,1-8H3/t18-,19+,20?,21?,22?,24-,25-/m0/s1. The molecule has 0 heterocycles. The van der Waals surface area contributed by atoms with Crippen molar-refractivity contribution in [3.63, 3.8) is 0 Å². The van der Waals surface area contributed by atoms with Gasteiger partial charge in [-0.15, -0.1) is 0 Å². The molecule has 3 unspecified atom stereocenters. The van der Waals surface area contributed by atoms with E-state index in [4.69, 9.17) is 8.85 Å². The summed E-state index contributed by atoms with van der Waals surface area (Å²) in [5, 5.41) is 0. The van der Waals surface area contributed by atoms with Crippen molar-refractivity contribution in [2.24, 2.45) is 34.5 Å². The highest BCUT2D eigenvalue weighted by molar-refractivity contribution is 6.70. The molecule has 3 saturated carbocycles. The lowest BCUT2D eigenvalue weighted by Gasteiger charge is -2.61. The minimum Gasteiger partial charge on any atom is -0.547 e. The molecule has 0 aliphatic heterocycles. The molecule has 4 aliphatic carbocycles. The van der Waals surface area contributed by atoms with E-state index in [1.165, 1.54) is 57.1 Å². The first-order chi connectivity index (χ1) is 13.3. The summed E-state index contributed by atoms with van der Waals surface area (Å²) in [7, 11) is -2.97. The summed E-state index contributed by atoms with van der Waals surface area (Å²) < 4.78 is 13.2. The predicted octanol–water partition coefficient (Wildman–Crippen LogP) is 7.59. The topological polar surface area (TPSA) is 18.5 Å². The van der Waals surface area contributed by atoms with E-state index >= 15 is 0 Å². The molecule has 0 aromatic heterocycles. The van der Waals surface area contributed by atoms with E-state index in [-0.39, 0.29) is 0 Å². The average Bonchev–Trinajstić information content (AvgIpc) is 2.89. The maximum absolute atomic E-state index is 6.63. The number of hydrogen-bond donors (Lipinski definition) is 0. The average molecular weight is 435 g/mol. The summed E-state index contributed by atoms with van der Waals surface area (Å²) in [4.78, 5) is 0. The Hall–Kier alpha value is -0.0662. The van der Waals surface area contributed by atoms with Gasteiger partial charge in [-0.05, 0) is 126 Å². The highest BCUT2D eigenvalue weighted by Gasteiger charge is 2.59. The second-order valence-corrected chi connectivity index (χ2v) is 22.1. The first kappa shape index (κ1) is 22.1. The summed E-state index contributed by atoms with van der Waals surface area (Å²) in [6.45, 7) is 19.3. The highest BCUT2D eigenvalue weighted by Crippen LogP contribution is 2.66. The molecule has 0 saturated heterocycles. The Morgan fingerprint density at radius 2 is 1.59 bits per heavy atom. The second-order valence-electron chi connectivity index (χ2n) is 13.3. The Morgan fingerprint density at radius 3 is 2.24 bits per heavy atom. The van der Waals surface area contributed by atoms with Crippen LogP contribution in [0.1, 0.15) is 65.2 Å². The van der Waals surface area contributed by atoms with Gasteiger partial charge in [0, 0.05) is 11.5 Å². The maximum Gasteiger partial charge on any atom is 0.241 e. The Morgan fingerprint density at radius 1 is 0.862 bits per heavy atom. The third kappa shape index (κ3) is 4.07. The normalized spacial score (nSPS) is 45.1. The van der Waals surface area contributed by atoms with Gasteiger partial charge >= 0.3 is 0 Å². The van der Waals surface area contributed by atoms with Gasteiger partial charge in [-0.1, -0.05) is 13.8 Å². The highest BCUT2D eigenvalue weighted by atomic mass is 28.4. The van der Waals surface area contributed by atoms with Crippen LogP contribution in [0.4, 0.5) is 0 Å². The fraction of sp³-hybridized carbons (Fsp3) is 0.920. The van der Waals surface area contributed by atoms with Crippen molar-refractivity contribution in [1.29, 1.82) is 0 Å². The predicted molar refractivity (Wildman–Crippen MR) is 128 cm³/mol. The minimum atomic E-state index is -1.54. The first-order valence-electron chi connectivity index (χ1n) is 12.4. The molecule has 0 N–H and O–H groups in total. The van der Waals surface area contributed by atoms with E-state index in [2.05, 4.69) is 59.2 Å². The van der Waals surface area contributed by atoms with E-state index in [1.807, 2.05) is 0 Å². The summed E-state index contributed by atoms with van der Waals surface area (Å²) in [6, 6.07) is 0.